The second kappa shape index (κ2) is 5.32. The Kier molecular flexibility index (Phi) is 4.34. The van der Waals surface area contributed by atoms with Gasteiger partial charge >= 0.3 is 0 Å². The Bertz CT molecular complexity index is 287. The first-order chi connectivity index (χ1) is 7.06. The minimum absolute atomic E-state index is 0.303. The highest BCUT2D eigenvalue weighted by atomic mass is 16.3. The van der Waals surface area contributed by atoms with Crippen molar-refractivity contribution in [1.82, 2.24) is 0 Å². The lowest BCUT2D eigenvalue weighted by molar-refractivity contribution is 0.0921. The highest BCUT2D eigenvalue weighted by molar-refractivity contribution is 5.24. The van der Waals surface area contributed by atoms with Gasteiger partial charge in [-0.15, -0.1) is 0 Å². The predicted molar refractivity (Wildman–Crippen MR) is 64.8 cm³/mol. The first kappa shape index (κ1) is 12.3. The van der Waals surface area contributed by atoms with Gasteiger partial charge in [-0.1, -0.05) is 52.0 Å². The molecule has 2 atom stereocenters. The Morgan fingerprint density at radius 2 is 1.60 bits per heavy atom. The highest BCUT2D eigenvalue weighted by Crippen LogP contribution is 2.27. The van der Waals surface area contributed by atoms with Crippen LogP contribution >= 0.6 is 0 Å². The van der Waals surface area contributed by atoms with Crippen LogP contribution in [0, 0.1) is 11.8 Å². The van der Waals surface area contributed by atoms with Crippen molar-refractivity contribution in [3.63, 3.8) is 0 Å². The van der Waals surface area contributed by atoms with Gasteiger partial charge in [-0.2, -0.15) is 0 Å². The zero-order valence-corrected chi connectivity index (χ0v) is 10.2. The third-order valence-corrected chi connectivity index (χ3v) is 3.28. The molecule has 0 aliphatic carbocycles. The average Bonchev–Trinajstić information content (AvgIpc) is 2.27. The van der Waals surface area contributed by atoms with Gasteiger partial charge in [-0.25, -0.2) is 0 Å². The van der Waals surface area contributed by atoms with Crippen molar-refractivity contribution < 1.29 is 5.11 Å². The molecule has 0 aliphatic rings. The van der Waals surface area contributed by atoms with Crippen molar-refractivity contribution >= 4 is 0 Å². The van der Waals surface area contributed by atoms with E-state index in [-0.39, 0.29) is 6.10 Å². The lowest BCUT2D eigenvalue weighted by Crippen LogP contribution is -2.14. The van der Waals surface area contributed by atoms with Crippen molar-refractivity contribution in [3.8, 4) is 0 Å². The van der Waals surface area contributed by atoms with E-state index in [9.17, 15) is 5.11 Å². The molecule has 1 heteroatoms. The standard InChI is InChI=1S/C14H22O/c1-5-12-6-8-13(9-7-12)14(15)11(4)10(2)3/h6-11,14-15H,5H2,1-4H3. The number of hydrogen-bond donors (Lipinski definition) is 1. The van der Waals surface area contributed by atoms with Crippen LogP contribution in [-0.4, -0.2) is 5.11 Å². The fraction of sp³-hybridized carbons (Fsp3) is 0.571. The van der Waals surface area contributed by atoms with Crippen LogP contribution in [0.5, 0.6) is 0 Å². The summed E-state index contributed by atoms with van der Waals surface area (Å²) in [6, 6.07) is 8.29. The largest absolute Gasteiger partial charge is 0.388 e. The van der Waals surface area contributed by atoms with E-state index < -0.39 is 0 Å². The monoisotopic (exact) mass is 206 g/mol. The molecular weight excluding hydrogens is 184 g/mol. The summed E-state index contributed by atoms with van der Waals surface area (Å²) in [5, 5.41) is 10.1. The molecule has 0 spiro atoms. The van der Waals surface area contributed by atoms with Gasteiger partial charge < -0.3 is 5.11 Å². The summed E-state index contributed by atoms with van der Waals surface area (Å²) in [5.74, 6) is 0.809. The van der Waals surface area contributed by atoms with E-state index in [1.54, 1.807) is 0 Å². The van der Waals surface area contributed by atoms with Crippen molar-refractivity contribution in [2.24, 2.45) is 11.8 Å². The topological polar surface area (TPSA) is 20.2 Å². The Morgan fingerprint density at radius 3 is 2.00 bits per heavy atom. The van der Waals surface area contributed by atoms with Crippen LogP contribution < -0.4 is 0 Å². The lowest BCUT2D eigenvalue weighted by Gasteiger charge is -2.22. The zero-order chi connectivity index (χ0) is 11.4. The van der Waals surface area contributed by atoms with Crippen LogP contribution in [0.2, 0.25) is 0 Å². The van der Waals surface area contributed by atoms with Crippen molar-refractivity contribution in [2.75, 3.05) is 0 Å². The van der Waals surface area contributed by atoms with E-state index in [1.807, 2.05) is 12.1 Å². The normalized spacial score (nSPS) is 15.3. The Hall–Kier alpha value is -0.820. The highest BCUT2D eigenvalue weighted by Gasteiger charge is 2.18. The molecule has 15 heavy (non-hydrogen) atoms. The van der Waals surface area contributed by atoms with Crippen LogP contribution in [0.1, 0.15) is 44.9 Å². The number of aryl methyl sites for hydroxylation is 1. The SMILES string of the molecule is CCc1ccc(C(O)C(C)C(C)C)cc1. The maximum absolute atomic E-state index is 10.1. The van der Waals surface area contributed by atoms with E-state index in [0.717, 1.165) is 12.0 Å². The molecule has 1 rings (SSSR count). The Labute approximate surface area is 93.1 Å². The van der Waals surface area contributed by atoms with E-state index in [1.165, 1.54) is 5.56 Å². The Balaban J connectivity index is 2.78. The van der Waals surface area contributed by atoms with Crippen LogP contribution in [0.3, 0.4) is 0 Å². The molecule has 1 N–H and O–H groups in total. The van der Waals surface area contributed by atoms with Gasteiger partial charge in [0.15, 0.2) is 0 Å². The summed E-state index contributed by atoms with van der Waals surface area (Å²) in [4.78, 5) is 0. The van der Waals surface area contributed by atoms with Gasteiger partial charge in [-0.3, -0.25) is 0 Å². The fourth-order valence-electron chi connectivity index (χ4n) is 1.62. The molecule has 0 fully saturated rings. The van der Waals surface area contributed by atoms with Gasteiger partial charge in [0.1, 0.15) is 0 Å². The Morgan fingerprint density at radius 1 is 1.07 bits per heavy atom. The second-order valence-corrected chi connectivity index (χ2v) is 4.64. The van der Waals surface area contributed by atoms with E-state index in [4.69, 9.17) is 0 Å². The van der Waals surface area contributed by atoms with Crippen molar-refractivity contribution in [2.45, 2.75) is 40.2 Å². The molecular formula is C14H22O. The van der Waals surface area contributed by atoms with Gasteiger partial charge in [0.05, 0.1) is 6.10 Å². The maximum atomic E-state index is 10.1. The number of aliphatic hydroxyl groups excluding tert-OH is 1. The minimum Gasteiger partial charge on any atom is -0.388 e. The molecule has 0 aliphatic heterocycles. The van der Waals surface area contributed by atoms with Gasteiger partial charge in [0.2, 0.25) is 0 Å². The van der Waals surface area contributed by atoms with Gasteiger partial charge in [0, 0.05) is 0 Å². The molecule has 0 saturated heterocycles. The number of benzene rings is 1. The summed E-state index contributed by atoms with van der Waals surface area (Å²) in [6.45, 7) is 8.54. The van der Waals surface area contributed by atoms with Crippen LogP contribution in [-0.2, 0) is 6.42 Å². The quantitative estimate of drug-likeness (QED) is 0.798. The van der Waals surface area contributed by atoms with Gasteiger partial charge in [-0.05, 0) is 29.4 Å². The zero-order valence-electron chi connectivity index (χ0n) is 10.2. The van der Waals surface area contributed by atoms with Crippen molar-refractivity contribution in [1.29, 1.82) is 0 Å². The van der Waals surface area contributed by atoms with Crippen molar-refractivity contribution in [3.05, 3.63) is 35.4 Å². The molecule has 0 saturated carbocycles. The fourth-order valence-corrected chi connectivity index (χ4v) is 1.62. The van der Waals surface area contributed by atoms with E-state index in [2.05, 4.69) is 39.8 Å². The first-order valence-electron chi connectivity index (χ1n) is 5.83. The number of hydrogen-bond acceptors (Lipinski definition) is 1. The third kappa shape index (κ3) is 3.07. The van der Waals surface area contributed by atoms with E-state index >= 15 is 0 Å². The maximum Gasteiger partial charge on any atom is 0.0818 e. The van der Waals surface area contributed by atoms with Crippen LogP contribution in [0.15, 0.2) is 24.3 Å². The molecule has 0 aromatic heterocycles. The smallest absolute Gasteiger partial charge is 0.0818 e. The second-order valence-electron chi connectivity index (χ2n) is 4.64. The molecule has 1 aromatic carbocycles. The molecule has 1 nitrogen and oxygen atoms in total. The summed E-state index contributed by atoms with van der Waals surface area (Å²) in [5.41, 5.74) is 2.36. The summed E-state index contributed by atoms with van der Waals surface area (Å²) < 4.78 is 0. The molecule has 0 amide bonds. The lowest BCUT2D eigenvalue weighted by atomic mass is 9.88. The number of aliphatic hydroxyl groups is 1. The summed E-state index contributed by atoms with van der Waals surface area (Å²) in [7, 11) is 0. The molecule has 1 aromatic rings. The minimum atomic E-state index is -0.337. The molecule has 0 radical (unpaired) electrons. The van der Waals surface area contributed by atoms with Crippen LogP contribution in [0.4, 0.5) is 0 Å². The predicted octanol–water partition coefficient (Wildman–Crippen LogP) is 3.57. The molecule has 84 valence electrons. The molecule has 0 heterocycles. The molecule has 2 unspecified atom stereocenters. The molecule has 0 bridgehead atoms. The third-order valence-electron chi connectivity index (χ3n) is 3.28. The summed E-state index contributed by atoms with van der Waals surface area (Å²) >= 11 is 0. The van der Waals surface area contributed by atoms with E-state index in [0.29, 0.717) is 11.8 Å². The first-order valence-corrected chi connectivity index (χ1v) is 5.83. The average molecular weight is 206 g/mol. The van der Waals surface area contributed by atoms with Crippen LogP contribution in [0.25, 0.3) is 0 Å². The summed E-state index contributed by atoms with van der Waals surface area (Å²) in [6.07, 6.45) is 0.715. The van der Waals surface area contributed by atoms with Gasteiger partial charge in [0.25, 0.3) is 0 Å². The number of rotatable bonds is 4.